The van der Waals surface area contributed by atoms with Gasteiger partial charge in [0.1, 0.15) is 18.0 Å². The predicted molar refractivity (Wildman–Crippen MR) is 81.8 cm³/mol. The number of halogens is 1. The summed E-state index contributed by atoms with van der Waals surface area (Å²) in [4.78, 5) is 0. The molecule has 0 aliphatic carbocycles. The molecule has 2 heteroatoms. The van der Waals surface area contributed by atoms with Crippen molar-refractivity contribution in [3.8, 4) is 0 Å². The van der Waals surface area contributed by atoms with Crippen LogP contribution in [0.2, 0.25) is 0 Å². The summed E-state index contributed by atoms with van der Waals surface area (Å²) in [5, 5.41) is 0. The summed E-state index contributed by atoms with van der Waals surface area (Å²) in [5.41, 5.74) is 1.57. The molecule has 0 heterocycles. The minimum atomic E-state index is -1.32. The molecule has 19 heavy (non-hydrogen) atoms. The third-order valence-electron chi connectivity index (χ3n) is 3.06. The Kier molecular flexibility index (Phi) is 7.43. The summed E-state index contributed by atoms with van der Waals surface area (Å²) in [5.74, 6) is 0.500. The second-order valence-corrected chi connectivity index (χ2v) is 5.01. The minimum absolute atomic E-state index is 0.0198. The zero-order chi connectivity index (χ0) is 15.1. The van der Waals surface area contributed by atoms with E-state index in [9.17, 15) is 4.39 Å². The minimum Gasteiger partial charge on any atom is -0.490 e. The van der Waals surface area contributed by atoms with E-state index in [1.807, 2.05) is 26.0 Å². The normalized spacial score (nSPS) is 15.9. The Morgan fingerprint density at radius 2 is 1.89 bits per heavy atom. The number of rotatable bonds is 8. The van der Waals surface area contributed by atoms with Gasteiger partial charge in [0.15, 0.2) is 0 Å². The van der Waals surface area contributed by atoms with Gasteiger partial charge in [0, 0.05) is 5.57 Å². The molecule has 0 spiro atoms. The SMILES string of the molecule is C=C(C)/C(C(=C)OCC(C)(F)CC)=C(/C=C\C)CC. The Balaban J connectivity index is 5.12. The van der Waals surface area contributed by atoms with Gasteiger partial charge in [-0.15, -0.1) is 0 Å². The highest BCUT2D eigenvalue weighted by Gasteiger charge is 2.22. The zero-order valence-electron chi connectivity index (χ0n) is 13.0. The first-order chi connectivity index (χ1) is 8.79. The fraction of sp³-hybridized carbons (Fsp3) is 0.529. The average molecular weight is 266 g/mol. The van der Waals surface area contributed by atoms with E-state index >= 15 is 0 Å². The van der Waals surface area contributed by atoms with Crippen molar-refractivity contribution in [1.29, 1.82) is 0 Å². The second-order valence-electron chi connectivity index (χ2n) is 5.01. The molecule has 0 amide bonds. The van der Waals surface area contributed by atoms with Crippen LogP contribution in [0.5, 0.6) is 0 Å². The topological polar surface area (TPSA) is 9.23 Å². The van der Waals surface area contributed by atoms with E-state index in [4.69, 9.17) is 4.74 Å². The molecular formula is C17H27FO. The summed E-state index contributed by atoms with van der Waals surface area (Å²) in [6.07, 6.45) is 5.27. The van der Waals surface area contributed by atoms with Crippen LogP contribution in [-0.2, 0) is 4.74 Å². The molecule has 0 saturated carbocycles. The molecule has 0 N–H and O–H groups in total. The van der Waals surface area contributed by atoms with Gasteiger partial charge in [0.25, 0.3) is 0 Å². The first kappa shape index (κ1) is 17.7. The first-order valence-electron chi connectivity index (χ1n) is 6.81. The van der Waals surface area contributed by atoms with Gasteiger partial charge in [0.05, 0.1) is 0 Å². The molecule has 1 atom stereocenters. The maximum Gasteiger partial charge on any atom is 0.141 e. The number of hydrogen-bond donors (Lipinski definition) is 0. The van der Waals surface area contributed by atoms with Crippen LogP contribution in [0, 0.1) is 0 Å². The molecule has 0 bridgehead atoms. The molecule has 108 valence electrons. The molecule has 0 fully saturated rings. The van der Waals surface area contributed by atoms with Crippen LogP contribution < -0.4 is 0 Å². The fourth-order valence-electron chi connectivity index (χ4n) is 1.68. The summed E-state index contributed by atoms with van der Waals surface area (Å²) < 4.78 is 19.4. The summed E-state index contributed by atoms with van der Waals surface area (Å²) >= 11 is 0. The van der Waals surface area contributed by atoms with Crippen molar-refractivity contribution in [2.45, 2.75) is 53.1 Å². The highest BCUT2D eigenvalue weighted by atomic mass is 19.1. The van der Waals surface area contributed by atoms with Gasteiger partial charge < -0.3 is 4.74 Å². The summed E-state index contributed by atoms with van der Waals surface area (Å²) in [6, 6.07) is 0. The molecule has 0 aromatic carbocycles. The van der Waals surface area contributed by atoms with E-state index in [2.05, 4.69) is 20.1 Å². The van der Waals surface area contributed by atoms with Crippen molar-refractivity contribution in [3.63, 3.8) is 0 Å². The number of alkyl halides is 1. The Hall–Kier alpha value is -1.31. The second kappa shape index (κ2) is 7.98. The van der Waals surface area contributed by atoms with Gasteiger partial charge in [-0.3, -0.25) is 0 Å². The highest BCUT2D eigenvalue weighted by Crippen LogP contribution is 2.26. The van der Waals surface area contributed by atoms with Crippen LogP contribution >= 0.6 is 0 Å². The third kappa shape index (κ3) is 5.91. The zero-order valence-corrected chi connectivity index (χ0v) is 13.0. The van der Waals surface area contributed by atoms with Crippen LogP contribution in [0.25, 0.3) is 0 Å². The summed E-state index contributed by atoms with van der Waals surface area (Å²) in [6.45, 7) is 17.2. The largest absolute Gasteiger partial charge is 0.490 e. The molecule has 0 aromatic rings. The monoisotopic (exact) mass is 266 g/mol. The van der Waals surface area contributed by atoms with Crippen LogP contribution in [-0.4, -0.2) is 12.3 Å². The lowest BCUT2D eigenvalue weighted by Crippen LogP contribution is -2.24. The number of allylic oxidation sites excluding steroid dienone is 4. The van der Waals surface area contributed by atoms with E-state index in [-0.39, 0.29) is 6.61 Å². The van der Waals surface area contributed by atoms with E-state index in [1.165, 1.54) is 6.92 Å². The van der Waals surface area contributed by atoms with E-state index in [0.29, 0.717) is 12.2 Å². The average Bonchev–Trinajstić information content (AvgIpc) is 2.35. The molecule has 1 nitrogen and oxygen atoms in total. The van der Waals surface area contributed by atoms with Gasteiger partial charge in [-0.2, -0.15) is 0 Å². The van der Waals surface area contributed by atoms with Gasteiger partial charge in [-0.25, -0.2) is 4.39 Å². The molecule has 0 rings (SSSR count). The Morgan fingerprint density at radius 3 is 2.26 bits per heavy atom. The van der Waals surface area contributed by atoms with E-state index < -0.39 is 5.67 Å². The highest BCUT2D eigenvalue weighted by molar-refractivity contribution is 5.47. The van der Waals surface area contributed by atoms with Gasteiger partial charge >= 0.3 is 0 Å². The fourth-order valence-corrected chi connectivity index (χ4v) is 1.68. The van der Waals surface area contributed by atoms with Crippen LogP contribution in [0.1, 0.15) is 47.5 Å². The van der Waals surface area contributed by atoms with Crippen LogP contribution in [0.3, 0.4) is 0 Å². The molecular weight excluding hydrogens is 239 g/mol. The van der Waals surface area contributed by atoms with Crippen LogP contribution in [0.4, 0.5) is 4.39 Å². The van der Waals surface area contributed by atoms with Crippen molar-refractivity contribution in [2.24, 2.45) is 0 Å². The van der Waals surface area contributed by atoms with Crippen molar-refractivity contribution < 1.29 is 9.13 Å². The maximum absolute atomic E-state index is 13.9. The van der Waals surface area contributed by atoms with Crippen molar-refractivity contribution in [3.05, 3.63) is 47.8 Å². The lowest BCUT2D eigenvalue weighted by molar-refractivity contribution is 0.0628. The first-order valence-corrected chi connectivity index (χ1v) is 6.81. The molecule has 0 radical (unpaired) electrons. The van der Waals surface area contributed by atoms with Crippen molar-refractivity contribution >= 4 is 0 Å². The van der Waals surface area contributed by atoms with E-state index in [1.54, 1.807) is 6.92 Å². The quantitative estimate of drug-likeness (QED) is 0.415. The summed E-state index contributed by atoms with van der Waals surface area (Å²) in [7, 11) is 0. The van der Waals surface area contributed by atoms with Gasteiger partial charge in [0.2, 0.25) is 0 Å². The Morgan fingerprint density at radius 1 is 1.32 bits per heavy atom. The lowest BCUT2D eigenvalue weighted by atomic mass is 9.98. The molecule has 0 aliphatic heterocycles. The van der Waals surface area contributed by atoms with Crippen molar-refractivity contribution in [1.82, 2.24) is 0 Å². The number of hydrogen-bond acceptors (Lipinski definition) is 1. The Bertz CT molecular complexity index is 386. The molecule has 0 aliphatic rings. The molecule has 0 aromatic heterocycles. The molecule has 0 saturated heterocycles. The Labute approximate surface area is 117 Å². The van der Waals surface area contributed by atoms with Crippen molar-refractivity contribution in [2.75, 3.05) is 6.61 Å². The van der Waals surface area contributed by atoms with Gasteiger partial charge in [-0.1, -0.05) is 39.2 Å². The van der Waals surface area contributed by atoms with Crippen LogP contribution in [0.15, 0.2) is 47.8 Å². The molecule has 1 unspecified atom stereocenters. The van der Waals surface area contributed by atoms with E-state index in [0.717, 1.165) is 23.1 Å². The predicted octanol–water partition coefficient (Wildman–Crippen LogP) is 5.51. The lowest BCUT2D eigenvalue weighted by Gasteiger charge is -2.22. The smallest absolute Gasteiger partial charge is 0.141 e. The standard InChI is InChI=1S/C17H27FO/c1-8-11-15(9-2)16(13(4)5)14(6)19-12-17(7,18)10-3/h8,11H,4,6,9-10,12H2,1-3,5,7H3/b11-8-,16-15-. The number of ether oxygens (including phenoxy) is 1. The maximum atomic E-state index is 13.9. The third-order valence-corrected chi connectivity index (χ3v) is 3.06. The van der Waals surface area contributed by atoms with Gasteiger partial charge in [-0.05, 0) is 44.8 Å².